The summed E-state index contributed by atoms with van der Waals surface area (Å²) in [7, 11) is 0. The molecule has 2 nitrogen and oxygen atoms in total. The summed E-state index contributed by atoms with van der Waals surface area (Å²) in [4.78, 5) is 23.8. The van der Waals surface area contributed by atoms with E-state index >= 15 is 0 Å². The Hall–Kier alpha value is -3.52. The van der Waals surface area contributed by atoms with Crippen molar-refractivity contribution >= 4 is 11.6 Å². The maximum absolute atomic E-state index is 11.9. The summed E-state index contributed by atoms with van der Waals surface area (Å²) in [5.74, 6) is 1.03. The first-order valence-electron chi connectivity index (χ1n) is 15.1. The summed E-state index contributed by atoms with van der Waals surface area (Å²) in [6.45, 7) is 21.2. The van der Waals surface area contributed by atoms with Crippen molar-refractivity contribution in [3.05, 3.63) is 131 Å². The highest BCUT2D eigenvalue weighted by molar-refractivity contribution is 5.92. The van der Waals surface area contributed by atoms with Crippen molar-refractivity contribution in [3.8, 4) is 0 Å². The smallest absolute Gasteiger partial charge is 0.156 e. The van der Waals surface area contributed by atoms with Crippen LogP contribution in [0.2, 0.25) is 0 Å². The molecule has 0 aliphatic heterocycles. The van der Waals surface area contributed by atoms with E-state index in [4.69, 9.17) is 0 Å². The van der Waals surface area contributed by atoms with E-state index in [9.17, 15) is 9.59 Å². The molecule has 0 N–H and O–H groups in total. The van der Waals surface area contributed by atoms with E-state index in [2.05, 4.69) is 154 Å². The maximum Gasteiger partial charge on any atom is 0.156 e. The van der Waals surface area contributed by atoms with Crippen LogP contribution in [0.4, 0.5) is 0 Å². The Morgan fingerprint density at radius 2 is 0.881 bits per heavy atom. The zero-order valence-corrected chi connectivity index (χ0v) is 27.6. The molecule has 0 aromatic carbocycles. The number of allylic oxidation sites excluding steroid dienone is 22. The molecule has 2 unspecified atom stereocenters. The summed E-state index contributed by atoms with van der Waals surface area (Å²) in [6.07, 6.45) is 34.5. The molecular formula is C40H52O2. The van der Waals surface area contributed by atoms with Gasteiger partial charge in [0.15, 0.2) is 11.6 Å². The van der Waals surface area contributed by atoms with E-state index in [0.717, 1.165) is 11.1 Å². The molecule has 2 rings (SSSR count). The van der Waals surface area contributed by atoms with Gasteiger partial charge in [0.25, 0.3) is 0 Å². The first-order chi connectivity index (χ1) is 19.6. The number of hydrogen-bond donors (Lipinski definition) is 0. The van der Waals surface area contributed by atoms with Crippen LogP contribution in [-0.2, 0) is 9.59 Å². The van der Waals surface area contributed by atoms with Crippen LogP contribution in [0.5, 0.6) is 0 Å². The van der Waals surface area contributed by atoms with E-state index in [-0.39, 0.29) is 34.2 Å². The van der Waals surface area contributed by atoms with Crippen LogP contribution >= 0.6 is 0 Å². The van der Waals surface area contributed by atoms with E-state index in [1.807, 2.05) is 0 Å². The maximum atomic E-state index is 11.9. The Bertz CT molecular complexity index is 1250. The summed E-state index contributed by atoms with van der Waals surface area (Å²) >= 11 is 0. The number of hydrogen-bond acceptors (Lipinski definition) is 2. The van der Waals surface area contributed by atoms with Gasteiger partial charge in [0.1, 0.15) is 0 Å². The van der Waals surface area contributed by atoms with Gasteiger partial charge in [-0.05, 0) is 64.5 Å². The summed E-state index contributed by atoms with van der Waals surface area (Å²) in [5, 5.41) is 0. The van der Waals surface area contributed by atoms with Gasteiger partial charge < -0.3 is 0 Å². The van der Waals surface area contributed by atoms with Gasteiger partial charge in [-0.2, -0.15) is 0 Å². The van der Waals surface area contributed by atoms with Gasteiger partial charge in [-0.15, -0.1) is 0 Å². The minimum atomic E-state index is -0.0444. The lowest BCUT2D eigenvalue weighted by Crippen LogP contribution is -2.30. The number of rotatable bonds is 10. The molecular weight excluding hydrogens is 512 g/mol. The first-order valence-corrected chi connectivity index (χ1v) is 15.1. The molecule has 0 amide bonds. The number of carbonyl (C=O) groups excluding carboxylic acids is 2. The summed E-state index contributed by atoms with van der Waals surface area (Å²) < 4.78 is 0. The van der Waals surface area contributed by atoms with Crippen molar-refractivity contribution in [1.82, 2.24) is 0 Å². The van der Waals surface area contributed by atoms with Crippen LogP contribution in [0, 0.1) is 22.7 Å². The van der Waals surface area contributed by atoms with Crippen LogP contribution in [0.15, 0.2) is 131 Å². The molecule has 0 saturated heterocycles. The van der Waals surface area contributed by atoms with Crippen LogP contribution in [0.25, 0.3) is 0 Å². The third-order valence-electron chi connectivity index (χ3n) is 8.07. The van der Waals surface area contributed by atoms with E-state index < -0.39 is 0 Å². The van der Waals surface area contributed by atoms with Crippen LogP contribution in [0.3, 0.4) is 0 Å². The molecule has 224 valence electrons. The molecule has 2 aliphatic carbocycles. The fourth-order valence-electron chi connectivity index (χ4n) is 5.80. The fraction of sp³-hybridized carbons (Fsp3) is 0.400. The molecule has 0 saturated carbocycles. The van der Waals surface area contributed by atoms with Crippen LogP contribution in [0.1, 0.15) is 82.1 Å². The minimum Gasteiger partial charge on any atom is -0.295 e. The molecule has 2 atom stereocenters. The van der Waals surface area contributed by atoms with Gasteiger partial charge in [-0.25, -0.2) is 0 Å². The molecule has 0 aromatic rings. The highest BCUT2D eigenvalue weighted by atomic mass is 16.1. The molecule has 2 aliphatic rings. The molecule has 0 fully saturated rings. The van der Waals surface area contributed by atoms with Gasteiger partial charge in [-0.3, -0.25) is 9.59 Å². The quantitative estimate of drug-likeness (QED) is 0.247. The van der Waals surface area contributed by atoms with Crippen molar-refractivity contribution in [3.63, 3.8) is 0 Å². The van der Waals surface area contributed by atoms with Crippen molar-refractivity contribution in [2.45, 2.75) is 82.1 Å². The Kier molecular flexibility index (Phi) is 12.9. The van der Waals surface area contributed by atoms with Gasteiger partial charge >= 0.3 is 0 Å². The predicted octanol–water partition coefficient (Wildman–Crippen LogP) is 10.7. The average Bonchev–Trinajstić information content (AvgIpc) is 2.84. The molecule has 0 radical (unpaired) electrons. The van der Waals surface area contributed by atoms with Crippen LogP contribution in [-0.4, -0.2) is 11.6 Å². The van der Waals surface area contributed by atoms with E-state index in [0.29, 0.717) is 12.8 Å². The summed E-state index contributed by atoms with van der Waals surface area (Å²) in [5.41, 5.74) is 6.91. The van der Waals surface area contributed by atoms with Crippen molar-refractivity contribution in [2.75, 3.05) is 0 Å². The van der Waals surface area contributed by atoms with Crippen LogP contribution < -0.4 is 0 Å². The van der Waals surface area contributed by atoms with E-state index in [1.165, 1.54) is 22.3 Å². The predicted molar refractivity (Wildman–Crippen MR) is 182 cm³/mol. The monoisotopic (exact) mass is 564 g/mol. The van der Waals surface area contributed by atoms with Crippen molar-refractivity contribution in [1.29, 1.82) is 0 Å². The molecule has 0 heterocycles. The van der Waals surface area contributed by atoms with Gasteiger partial charge in [0, 0.05) is 24.7 Å². The zero-order chi connectivity index (χ0) is 31.5. The third kappa shape index (κ3) is 11.4. The third-order valence-corrected chi connectivity index (χ3v) is 8.07. The van der Waals surface area contributed by atoms with Crippen molar-refractivity contribution in [2.24, 2.45) is 22.7 Å². The lowest BCUT2D eigenvalue weighted by atomic mass is 9.68. The largest absolute Gasteiger partial charge is 0.295 e. The van der Waals surface area contributed by atoms with E-state index in [1.54, 1.807) is 12.2 Å². The first kappa shape index (κ1) is 34.7. The molecule has 42 heavy (non-hydrogen) atoms. The SMILES string of the molecule is CC(C=CC=C(C)C=CC1C(C)=CC(=O)CC1(C)C)=CC=CC=C(C)C=CC=C(C)C=CC1C(C)=CC(=O)CC1(C)C. The lowest BCUT2D eigenvalue weighted by Gasteiger charge is -2.35. The molecule has 0 aromatic heterocycles. The number of ketones is 2. The Balaban J connectivity index is 1.89. The zero-order valence-electron chi connectivity index (χ0n) is 27.6. The topological polar surface area (TPSA) is 34.1 Å². The van der Waals surface area contributed by atoms with Gasteiger partial charge in [0.2, 0.25) is 0 Å². The Labute approximate surface area is 256 Å². The Morgan fingerprint density at radius 3 is 1.21 bits per heavy atom. The minimum absolute atomic E-state index is 0.0444. The molecule has 2 heteroatoms. The normalized spacial score (nSPS) is 24.6. The molecule has 0 spiro atoms. The molecule has 0 bridgehead atoms. The van der Waals surface area contributed by atoms with Gasteiger partial charge in [0.05, 0.1) is 0 Å². The summed E-state index contributed by atoms with van der Waals surface area (Å²) in [6, 6.07) is 0. The Morgan fingerprint density at radius 1 is 0.571 bits per heavy atom. The lowest BCUT2D eigenvalue weighted by molar-refractivity contribution is -0.118. The fourth-order valence-corrected chi connectivity index (χ4v) is 5.80. The second-order valence-electron chi connectivity index (χ2n) is 13.5. The average molecular weight is 565 g/mol. The second-order valence-corrected chi connectivity index (χ2v) is 13.5. The highest BCUT2D eigenvalue weighted by Gasteiger charge is 2.35. The highest BCUT2D eigenvalue weighted by Crippen LogP contribution is 2.41. The number of carbonyl (C=O) groups is 2. The standard InChI is InChI=1S/C40H52O2/c1-29(17-13-19-31(3)21-23-37-33(5)25-35(41)27-39(37,7)8)15-11-12-16-30(2)18-14-20-32(4)22-24-38-34(6)26-36(42)28-40(38,9)10/h11-26,37-38H,27-28H2,1-10H3. The van der Waals surface area contributed by atoms with Crippen molar-refractivity contribution < 1.29 is 9.59 Å². The van der Waals surface area contributed by atoms with Gasteiger partial charge in [-0.1, -0.05) is 146 Å². The second kappa shape index (κ2) is 15.6.